The number of H-pyrrole nitrogens is 1. The lowest BCUT2D eigenvalue weighted by molar-refractivity contribution is 0.722. The number of hydrogen-bond acceptors (Lipinski definition) is 4. The number of imidazole rings is 1. The third-order valence-corrected chi connectivity index (χ3v) is 5.62. The number of tetrazole rings is 1. The van der Waals surface area contributed by atoms with Gasteiger partial charge in [-0.3, -0.25) is 0 Å². The van der Waals surface area contributed by atoms with Crippen molar-refractivity contribution >= 4 is 22.6 Å². The minimum Gasteiger partial charge on any atom is -0.323 e. The summed E-state index contributed by atoms with van der Waals surface area (Å²) in [6.45, 7) is 2.92. The van der Waals surface area contributed by atoms with Crippen LogP contribution in [0.5, 0.6) is 0 Å². The molecule has 0 radical (unpaired) electrons. The van der Waals surface area contributed by atoms with Crippen molar-refractivity contribution in [1.82, 2.24) is 30.2 Å². The molecule has 2 aromatic heterocycles. The standard InChI is InChI=1S/C24H21ClN6/c1-2-5-23-26-21-13-12-18(25)14-22(21)31(23)15-16-8-10-17(11-9-16)19-6-3-4-7-20(19)24-27-29-30-28-24/h3-4,6-14H,2,5,15H2,1H3,(H,27,28,29,30). The monoisotopic (exact) mass is 428 g/mol. The van der Waals surface area contributed by atoms with Gasteiger partial charge in [0.25, 0.3) is 0 Å². The number of aromatic amines is 1. The van der Waals surface area contributed by atoms with Gasteiger partial charge in [-0.1, -0.05) is 67.1 Å². The molecule has 0 spiro atoms. The summed E-state index contributed by atoms with van der Waals surface area (Å²) in [7, 11) is 0. The van der Waals surface area contributed by atoms with Crippen molar-refractivity contribution < 1.29 is 0 Å². The van der Waals surface area contributed by atoms with E-state index in [-0.39, 0.29) is 0 Å². The quantitative estimate of drug-likeness (QED) is 0.385. The van der Waals surface area contributed by atoms with E-state index in [9.17, 15) is 0 Å². The fourth-order valence-corrected chi connectivity index (χ4v) is 4.08. The number of halogens is 1. The molecule has 154 valence electrons. The second-order valence-electron chi connectivity index (χ2n) is 7.48. The highest BCUT2D eigenvalue weighted by Gasteiger charge is 2.13. The molecule has 6 nitrogen and oxygen atoms in total. The van der Waals surface area contributed by atoms with Gasteiger partial charge in [-0.15, -0.1) is 10.2 Å². The maximum Gasteiger partial charge on any atom is 0.205 e. The molecular weight excluding hydrogens is 408 g/mol. The molecule has 0 fully saturated rings. The summed E-state index contributed by atoms with van der Waals surface area (Å²) in [5.41, 5.74) is 6.39. The maximum atomic E-state index is 6.27. The molecule has 5 rings (SSSR count). The Kier molecular flexibility index (Phi) is 5.22. The van der Waals surface area contributed by atoms with Gasteiger partial charge in [0.1, 0.15) is 5.82 Å². The lowest BCUT2D eigenvalue weighted by Gasteiger charge is -2.11. The molecule has 0 aliphatic carbocycles. The molecule has 3 aromatic carbocycles. The van der Waals surface area contributed by atoms with Crippen molar-refractivity contribution in [3.63, 3.8) is 0 Å². The number of aromatic nitrogens is 6. The number of rotatable bonds is 6. The van der Waals surface area contributed by atoms with E-state index in [0.29, 0.717) is 5.82 Å². The van der Waals surface area contributed by atoms with E-state index >= 15 is 0 Å². The third kappa shape index (κ3) is 3.82. The van der Waals surface area contributed by atoms with Crippen LogP contribution in [0.15, 0.2) is 66.7 Å². The van der Waals surface area contributed by atoms with Crippen LogP contribution in [0.25, 0.3) is 33.5 Å². The van der Waals surface area contributed by atoms with Crippen molar-refractivity contribution in [2.75, 3.05) is 0 Å². The fourth-order valence-electron chi connectivity index (χ4n) is 3.91. The first-order chi connectivity index (χ1) is 15.2. The summed E-state index contributed by atoms with van der Waals surface area (Å²) in [6, 6.07) is 22.6. The Labute approximate surface area is 184 Å². The second-order valence-corrected chi connectivity index (χ2v) is 7.91. The minimum atomic E-state index is 0.589. The molecule has 0 aliphatic heterocycles. The van der Waals surface area contributed by atoms with Crippen LogP contribution in [-0.4, -0.2) is 30.2 Å². The smallest absolute Gasteiger partial charge is 0.205 e. The van der Waals surface area contributed by atoms with Crippen LogP contribution in [0.2, 0.25) is 5.02 Å². The van der Waals surface area contributed by atoms with Crippen LogP contribution >= 0.6 is 11.6 Å². The third-order valence-electron chi connectivity index (χ3n) is 5.38. The number of fused-ring (bicyclic) bond motifs is 1. The molecule has 2 heterocycles. The lowest BCUT2D eigenvalue weighted by atomic mass is 9.98. The predicted octanol–water partition coefficient (Wildman–Crippen LogP) is 5.54. The van der Waals surface area contributed by atoms with Gasteiger partial charge in [-0.05, 0) is 46.5 Å². The number of aryl methyl sites for hydroxylation is 1. The summed E-state index contributed by atoms with van der Waals surface area (Å²) < 4.78 is 2.27. The Bertz CT molecular complexity index is 1320. The van der Waals surface area contributed by atoms with Crippen molar-refractivity contribution in [2.24, 2.45) is 0 Å². The SMILES string of the molecule is CCCc1nc2ccc(Cl)cc2n1Cc1ccc(-c2ccccc2-c2nn[nH]n2)cc1. The summed E-state index contributed by atoms with van der Waals surface area (Å²) in [5.74, 6) is 1.68. The summed E-state index contributed by atoms with van der Waals surface area (Å²) in [5, 5.41) is 15.2. The molecule has 1 N–H and O–H groups in total. The van der Waals surface area contributed by atoms with Gasteiger partial charge in [0.2, 0.25) is 5.82 Å². The van der Waals surface area contributed by atoms with Gasteiger partial charge in [0, 0.05) is 23.6 Å². The number of benzene rings is 3. The molecule has 5 aromatic rings. The Morgan fingerprint density at radius 1 is 0.968 bits per heavy atom. The van der Waals surface area contributed by atoms with Gasteiger partial charge in [-0.25, -0.2) is 4.98 Å². The molecule has 31 heavy (non-hydrogen) atoms. The molecule has 7 heteroatoms. The van der Waals surface area contributed by atoms with Crippen LogP contribution in [-0.2, 0) is 13.0 Å². The van der Waals surface area contributed by atoms with E-state index in [4.69, 9.17) is 16.6 Å². The number of hydrogen-bond donors (Lipinski definition) is 1. The average Bonchev–Trinajstić information content (AvgIpc) is 3.44. The zero-order chi connectivity index (χ0) is 21.2. The molecule has 0 saturated heterocycles. The maximum absolute atomic E-state index is 6.27. The van der Waals surface area contributed by atoms with Crippen LogP contribution < -0.4 is 0 Å². The van der Waals surface area contributed by atoms with E-state index in [1.165, 1.54) is 5.56 Å². The molecule has 0 unspecified atom stereocenters. The molecule has 0 atom stereocenters. The molecule has 0 aliphatic rings. The van der Waals surface area contributed by atoms with Crippen LogP contribution in [0.1, 0.15) is 24.7 Å². The average molecular weight is 429 g/mol. The number of nitrogens with zero attached hydrogens (tertiary/aromatic N) is 5. The fraction of sp³-hybridized carbons (Fsp3) is 0.167. The summed E-state index contributed by atoms with van der Waals surface area (Å²) in [4.78, 5) is 4.83. The largest absolute Gasteiger partial charge is 0.323 e. The lowest BCUT2D eigenvalue weighted by Crippen LogP contribution is -2.05. The second kappa shape index (κ2) is 8.32. The normalized spacial score (nSPS) is 11.3. The Morgan fingerprint density at radius 2 is 1.77 bits per heavy atom. The van der Waals surface area contributed by atoms with Gasteiger partial charge in [0.15, 0.2) is 0 Å². The summed E-state index contributed by atoms with van der Waals surface area (Å²) in [6.07, 6.45) is 1.98. The van der Waals surface area contributed by atoms with Crippen molar-refractivity contribution in [3.8, 4) is 22.5 Å². The Morgan fingerprint density at radius 3 is 2.52 bits per heavy atom. The first kappa shape index (κ1) is 19.5. The minimum absolute atomic E-state index is 0.589. The molecule has 0 bridgehead atoms. The molecule has 0 saturated carbocycles. The summed E-state index contributed by atoms with van der Waals surface area (Å²) >= 11 is 6.27. The van der Waals surface area contributed by atoms with Crippen molar-refractivity contribution in [3.05, 3.63) is 83.1 Å². The van der Waals surface area contributed by atoms with Crippen LogP contribution in [0.4, 0.5) is 0 Å². The topological polar surface area (TPSA) is 72.3 Å². The highest BCUT2D eigenvalue weighted by Crippen LogP contribution is 2.30. The van der Waals surface area contributed by atoms with Gasteiger partial charge < -0.3 is 4.57 Å². The van der Waals surface area contributed by atoms with E-state index in [1.807, 2.05) is 36.4 Å². The van der Waals surface area contributed by atoms with Crippen LogP contribution in [0, 0.1) is 0 Å². The zero-order valence-electron chi connectivity index (χ0n) is 17.1. The van der Waals surface area contributed by atoms with Gasteiger partial charge in [-0.2, -0.15) is 5.21 Å². The first-order valence-corrected chi connectivity index (χ1v) is 10.7. The highest BCUT2D eigenvalue weighted by molar-refractivity contribution is 6.31. The highest BCUT2D eigenvalue weighted by atomic mass is 35.5. The van der Waals surface area contributed by atoms with Crippen molar-refractivity contribution in [1.29, 1.82) is 0 Å². The van der Waals surface area contributed by atoms with Gasteiger partial charge in [0.05, 0.1) is 11.0 Å². The predicted molar refractivity (Wildman–Crippen MR) is 123 cm³/mol. The first-order valence-electron chi connectivity index (χ1n) is 10.3. The van der Waals surface area contributed by atoms with E-state index in [2.05, 4.69) is 62.4 Å². The van der Waals surface area contributed by atoms with E-state index in [0.717, 1.165) is 58.0 Å². The van der Waals surface area contributed by atoms with Gasteiger partial charge >= 0.3 is 0 Å². The Balaban J connectivity index is 1.49. The number of nitrogens with one attached hydrogen (secondary N) is 1. The van der Waals surface area contributed by atoms with E-state index in [1.54, 1.807) is 0 Å². The van der Waals surface area contributed by atoms with Crippen molar-refractivity contribution in [2.45, 2.75) is 26.3 Å². The molecule has 0 amide bonds. The zero-order valence-corrected chi connectivity index (χ0v) is 17.8. The molecular formula is C24H21ClN6. The van der Waals surface area contributed by atoms with E-state index < -0.39 is 0 Å². The Hall–Kier alpha value is -3.51. The van der Waals surface area contributed by atoms with Crippen LogP contribution in [0.3, 0.4) is 0 Å².